The maximum Gasteiger partial charge on any atom is 0.315 e. The normalized spacial score (nSPS) is 25.1. The first-order valence-corrected chi connectivity index (χ1v) is 12.4. The molecule has 4 nitrogen and oxygen atoms in total. The van der Waals surface area contributed by atoms with Crippen LogP contribution in [0.2, 0.25) is 0 Å². The number of rotatable bonds is 9. The van der Waals surface area contributed by atoms with Gasteiger partial charge in [-0.05, 0) is 49.1 Å². The van der Waals surface area contributed by atoms with E-state index in [1.165, 1.54) is 63.8 Å². The van der Waals surface area contributed by atoms with Gasteiger partial charge in [0.2, 0.25) is 0 Å². The molecule has 2 aliphatic rings. The third-order valence-electron chi connectivity index (χ3n) is 6.75. The molecule has 1 unspecified atom stereocenters. The highest BCUT2D eigenvalue weighted by Gasteiger charge is 2.35. The fourth-order valence-electron chi connectivity index (χ4n) is 5.03. The maximum atomic E-state index is 11.4. The summed E-state index contributed by atoms with van der Waals surface area (Å²) in [5.41, 5.74) is 0.873. The number of phenols is 1. The molecule has 5 heteroatoms. The number of benzene rings is 1. The second kappa shape index (κ2) is 11.8. The minimum atomic E-state index is -0.365. The van der Waals surface area contributed by atoms with Crippen molar-refractivity contribution >= 4 is 17.7 Å². The molecule has 0 aliphatic heterocycles. The summed E-state index contributed by atoms with van der Waals surface area (Å²) >= 11 is 1.29. The van der Waals surface area contributed by atoms with Gasteiger partial charge in [-0.2, -0.15) is 0 Å². The molecule has 2 fully saturated rings. The monoisotopic (exact) mass is 432 g/mol. The molecule has 1 aromatic rings. The molecule has 3 atom stereocenters. The zero-order valence-electron chi connectivity index (χ0n) is 18.1. The van der Waals surface area contributed by atoms with Crippen molar-refractivity contribution in [2.45, 2.75) is 81.1 Å². The lowest BCUT2D eigenvalue weighted by Crippen LogP contribution is -2.16. The number of ether oxygens (including phenoxy) is 1. The molecule has 0 spiro atoms. The van der Waals surface area contributed by atoms with Crippen LogP contribution in [0, 0.1) is 11.8 Å². The van der Waals surface area contributed by atoms with Gasteiger partial charge in [0.15, 0.2) is 0 Å². The summed E-state index contributed by atoms with van der Waals surface area (Å²) < 4.78 is 4.69. The number of para-hydroxylation sites is 1. The van der Waals surface area contributed by atoms with E-state index in [2.05, 4.69) is 12.2 Å². The summed E-state index contributed by atoms with van der Waals surface area (Å²) in [4.78, 5) is 12.1. The highest BCUT2D eigenvalue weighted by molar-refractivity contribution is 8.00. The van der Waals surface area contributed by atoms with Crippen molar-refractivity contribution in [2.75, 3.05) is 12.9 Å². The Hall–Kier alpha value is -1.46. The number of esters is 1. The second-order valence-electron chi connectivity index (χ2n) is 8.75. The first-order valence-electron chi connectivity index (χ1n) is 11.5. The molecule has 0 radical (unpaired) electrons. The molecule has 166 valence electrons. The van der Waals surface area contributed by atoms with Crippen molar-refractivity contribution in [2.24, 2.45) is 11.8 Å². The van der Waals surface area contributed by atoms with E-state index in [4.69, 9.17) is 4.74 Å². The Balaban J connectivity index is 1.58. The number of aromatic hydroxyl groups is 1. The van der Waals surface area contributed by atoms with Gasteiger partial charge in [0.05, 0.1) is 19.0 Å². The molecule has 2 aliphatic carbocycles. The minimum absolute atomic E-state index is 0.0337. The average molecular weight is 433 g/mol. The number of aliphatic hydroxyl groups excluding tert-OH is 1. The highest BCUT2D eigenvalue weighted by Crippen LogP contribution is 2.46. The zero-order valence-corrected chi connectivity index (χ0v) is 18.9. The summed E-state index contributed by atoms with van der Waals surface area (Å²) in [6.45, 7) is 0. The summed E-state index contributed by atoms with van der Waals surface area (Å²) in [7, 11) is 1.37. The standard InChI is InChI=1S/C25H36O4S/c1-29-24(27)17-30-23-14-8-13-21(25(23)28)19-15-16-22(26)20(19)12-7-3-6-11-18-9-4-2-5-10-18/h7-8,12-14,18-20,22,26,28H,2-6,9-11,15-17H2,1H3/b12-7+/t19-,20?,22+/m0/s1. The number of thioether (sulfide) groups is 1. The van der Waals surface area contributed by atoms with Crippen LogP contribution < -0.4 is 0 Å². The van der Waals surface area contributed by atoms with Crippen LogP contribution in [-0.2, 0) is 9.53 Å². The van der Waals surface area contributed by atoms with E-state index in [1.54, 1.807) is 0 Å². The van der Waals surface area contributed by atoms with E-state index in [9.17, 15) is 15.0 Å². The second-order valence-corrected chi connectivity index (χ2v) is 9.77. The molecular weight excluding hydrogens is 396 g/mol. The van der Waals surface area contributed by atoms with E-state index >= 15 is 0 Å². The Morgan fingerprint density at radius 3 is 2.77 bits per heavy atom. The molecule has 0 heterocycles. The SMILES string of the molecule is COC(=O)CSc1cccc([C@H]2CC[C@@H](O)C2/C=C/CCCC2CCCCC2)c1O. The number of allylic oxidation sites excluding steroid dienone is 1. The summed E-state index contributed by atoms with van der Waals surface area (Å²) in [6.07, 6.45) is 16.3. The lowest BCUT2D eigenvalue weighted by Gasteiger charge is -2.22. The third kappa shape index (κ3) is 6.27. The van der Waals surface area contributed by atoms with Crippen molar-refractivity contribution < 1.29 is 19.7 Å². The van der Waals surface area contributed by atoms with Gasteiger partial charge in [-0.15, -0.1) is 11.8 Å². The van der Waals surface area contributed by atoms with Crippen LogP contribution in [0.25, 0.3) is 0 Å². The van der Waals surface area contributed by atoms with Crippen LogP contribution in [-0.4, -0.2) is 35.1 Å². The van der Waals surface area contributed by atoms with Crippen molar-refractivity contribution in [1.82, 2.24) is 0 Å². The fraction of sp³-hybridized carbons (Fsp3) is 0.640. The Labute approximate surface area is 185 Å². The smallest absolute Gasteiger partial charge is 0.315 e. The van der Waals surface area contributed by atoms with Crippen molar-refractivity contribution in [3.63, 3.8) is 0 Å². The number of methoxy groups -OCH3 is 1. The molecule has 0 amide bonds. The van der Waals surface area contributed by atoms with Crippen LogP contribution in [0.1, 0.15) is 75.7 Å². The van der Waals surface area contributed by atoms with Gasteiger partial charge in [-0.3, -0.25) is 4.79 Å². The lowest BCUT2D eigenvalue weighted by atomic mass is 9.85. The molecule has 2 saturated carbocycles. The van der Waals surface area contributed by atoms with Gasteiger partial charge in [-0.25, -0.2) is 0 Å². The summed E-state index contributed by atoms with van der Waals surface area (Å²) in [5, 5.41) is 21.4. The first kappa shape index (κ1) is 23.2. The average Bonchev–Trinajstić information content (AvgIpc) is 3.13. The number of carbonyl (C=O) groups is 1. The molecule has 1 aromatic carbocycles. The number of phenolic OH excluding ortho intramolecular Hbond substituents is 1. The van der Waals surface area contributed by atoms with Gasteiger partial charge >= 0.3 is 5.97 Å². The fourth-order valence-corrected chi connectivity index (χ4v) is 5.85. The summed E-state index contributed by atoms with van der Waals surface area (Å²) in [6, 6.07) is 5.70. The lowest BCUT2D eigenvalue weighted by molar-refractivity contribution is -0.137. The van der Waals surface area contributed by atoms with E-state index in [0.29, 0.717) is 4.90 Å². The van der Waals surface area contributed by atoms with Crippen molar-refractivity contribution in [3.8, 4) is 5.75 Å². The van der Waals surface area contributed by atoms with Gasteiger partial charge in [0, 0.05) is 10.8 Å². The Bertz CT molecular complexity index is 711. The van der Waals surface area contributed by atoms with Crippen molar-refractivity contribution in [1.29, 1.82) is 0 Å². The van der Waals surface area contributed by atoms with Gasteiger partial charge in [-0.1, -0.05) is 62.8 Å². The van der Waals surface area contributed by atoms with Crippen LogP contribution in [0.15, 0.2) is 35.2 Å². The minimum Gasteiger partial charge on any atom is -0.506 e. The molecule has 3 rings (SSSR count). The maximum absolute atomic E-state index is 11.4. The van der Waals surface area contributed by atoms with Crippen molar-refractivity contribution in [3.05, 3.63) is 35.9 Å². The first-order chi connectivity index (χ1) is 14.6. The van der Waals surface area contributed by atoms with E-state index in [-0.39, 0.29) is 35.4 Å². The molecule has 30 heavy (non-hydrogen) atoms. The predicted octanol–water partition coefficient (Wildman–Crippen LogP) is 5.82. The highest BCUT2D eigenvalue weighted by atomic mass is 32.2. The largest absolute Gasteiger partial charge is 0.506 e. The molecule has 0 bridgehead atoms. The Kier molecular flexibility index (Phi) is 9.13. The quantitative estimate of drug-likeness (QED) is 0.223. The van der Waals surface area contributed by atoms with Gasteiger partial charge < -0.3 is 14.9 Å². The van der Waals surface area contributed by atoms with Crippen LogP contribution >= 0.6 is 11.8 Å². The van der Waals surface area contributed by atoms with Gasteiger partial charge in [0.25, 0.3) is 0 Å². The van der Waals surface area contributed by atoms with E-state index in [0.717, 1.165) is 30.7 Å². The number of unbranched alkanes of at least 4 members (excludes halogenated alkanes) is 1. The number of carbonyl (C=O) groups excluding carboxylic acids is 1. The zero-order chi connectivity index (χ0) is 21.3. The predicted molar refractivity (Wildman–Crippen MR) is 122 cm³/mol. The molecular formula is C25H36O4S. The van der Waals surface area contributed by atoms with E-state index < -0.39 is 0 Å². The molecule has 0 aromatic heterocycles. The number of hydrogen-bond acceptors (Lipinski definition) is 5. The number of aliphatic hydroxyl groups is 1. The number of hydrogen-bond donors (Lipinski definition) is 2. The summed E-state index contributed by atoms with van der Waals surface area (Å²) in [5.74, 6) is 1.15. The van der Waals surface area contributed by atoms with E-state index in [1.807, 2.05) is 18.2 Å². The third-order valence-corrected chi connectivity index (χ3v) is 7.77. The molecule has 2 N–H and O–H groups in total. The topological polar surface area (TPSA) is 66.8 Å². The van der Waals surface area contributed by atoms with Crippen LogP contribution in [0.5, 0.6) is 5.75 Å². The van der Waals surface area contributed by atoms with Crippen LogP contribution in [0.3, 0.4) is 0 Å². The Morgan fingerprint density at radius 1 is 1.20 bits per heavy atom. The van der Waals surface area contributed by atoms with Gasteiger partial charge in [0.1, 0.15) is 5.75 Å². The Morgan fingerprint density at radius 2 is 2.00 bits per heavy atom. The van der Waals surface area contributed by atoms with Crippen LogP contribution in [0.4, 0.5) is 0 Å². The molecule has 0 saturated heterocycles.